The van der Waals surface area contributed by atoms with Gasteiger partial charge in [-0.25, -0.2) is 4.98 Å². The van der Waals surface area contributed by atoms with Crippen molar-refractivity contribution in [3.63, 3.8) is 0 Å². The molecule has 1 amide bonds. The van der Waals surface area contributed by atoms with Crippen LogP contribution in [0.5, 0.6) is 5.75 Å². The number of amides is 1. The molecule has 158 valence electrons. The first-order valence-corrected chi connectivity index (χ1v) is 8.69. The van der Waals surface area contributed by atoms with Gasteiger partial charge in [0, 0.05) is 12.7 Å². The van der Waals surface area contributed by atoms with Crippen LogP contribution in [0.2, 0.25) is 5.02 Å². The first kappa shape index (κ1) is 21.2. The number of rotatable bonds is 7. The van der Waals surface area contributed by atoms with E-state index in [1.54, 1.807) is 7.05 Å². The number of nitrogens with zero attached hydrogens (tertiary/aromatic N) is 4. The molecule has 3 aromatic rings. The Morgan fingerprint density at radius 2 is 2.10 bits per heavy atom. The van der Waals surface area contributed by atoms with Gasteiger partial charge in [-0.1, -0.05) is 11.6 Å². The molecule has 0 saturated heterocycles. The van der Waals surface area contributed by atoms with Gasteiger partial charge in [-0.2, -0.15) is 13.9 Å². The van der Waals surface area contributed by atoms with Crippen molar-refractivity contribution in [2.45, 2.75) is 13.2 Å². The van der Waals surface area contributed by atoms with Gasteiger partial charge in [0.2, 0.25) is 0 Å². The minimum atomic E-state index is -3.04. The monoisotopic (exact) mass is 441 g/mol. The second-order valence-corrected chi connectivity index (χ2v) is 6.32. The lowest BCUT2D eigenvalue weighted by Gasteiger charge is -2.10. The number of nitrogens with one attached hydrogen (secondary N) is 1. The Morgan fingerprint density at radius 3 is 2.80 bits per heavy atom. The van der Waals surface area contributed by atoms with E-state index in [1.807, 2.05) is 0 Å². The summed E-state index contributed by atoms with van der Waals surface area (Å²) in [6.45, 7) is -4.12. The molecule has 0 bridgehead atoms. The number of alkyl halides is 2. The van der Waals surface area contributed by atoms with Crippen LogP contribution in [0.1, 0.15) is 0 Å². The fourth-order valence-corrected chi connectivity index (χ4v) is 2.70. The van der Waals surface area contributed by atoms with Crippen LogP contribution in [-0.4, -0.2) is 44.4 Å². The first-order valence-electron chi connectivity index (χ1n) is 8.31. The Morgan fingerprint density at radius 1 is 1.33 bits per heavy atom. The van der Waals surface area contributed by atoms with Crippen LogP contribution < -0.4 is 15.6 Å². The molecular weight excluding hydrogens is 428 g/mol. The van der Waals surface area contributed by atoms with Crippen molar-refractivity contribution in [2.75, 3.05) is 11.9 Å². The topological polar surface area (TPSA) is 117 Å². The average Bonchev–Trinajstić information content (AvgIpc) is 3.06. The van der Waals surface area contributed by atoms with E-state index in [4.69, 9.17) is 16.3 Å². The molecule has 2 heterocycles. The molecule has 10 nitrogen and oxygen atoms in total. The van der Waals surface area contributed by atoms with Crippen molar-refractivity contribution >= 4 is 40.2 Å². The number of aryl methyl sites for hydroxylation is 1. The largest absolute Gasteiger partial charge is 0.454 e. The molecule has 0 aliphatic carbocycles. The first-order chi connectivity index (χ1) is 14.2. The lowest BCUT2D eigenvalue weighted by Crippen LogP contribution is -2.28. The molecule has 13 heteroatoms. The van der Waals surface area contributed by atoms with Crippen LogP contribution in [0.25, 0.3) is 11.0 Å². The van der Waals surface area contributed by atoms with Gasteiger partial charge >= 0.3 is 12.6 Å². The predicted molar refractivity (Wildman–Crippen MR) is 100 cm³/mol. The highest BCUT2D eigenvalue weighted by Crippen LogP contribution is 2.28. The molecule has 0 spiro atoms. The Kier molecular flexibility index (Phi) is 6.26. The lowest BCUT2D eigenvalue weighted by molar-refractivity contribution is -0.147. The number of ether oxygens (including phenoxy) is 2. The number of hydrogen-bond donors (Lipinski definition) is 1. The van der Waals surface area contributed by atoms with Crippen molar-refractivity contribution in [1.82, 2.24) is 19.3 Å². The van der Waals surface area contributed by atoms with Crippen molar-refractivity contribution in [2.24, 2.45) is 7.05 Å². The smallest absolute Gasteiger partial charge is 0.387 e. The Balaban J connectivity index is 1.55. The summed E-state index contributed by atoms with van der Waals surface area (Å²) in [6, 6.07) is 3.65. The zero-order valence-corrected chi connectivity index (χ0v) is 16.1. The number of halogens is 3. The minimum Gasteiger partial charge on any atom is -0.454 e. The van der Waals surface area contributed by atoms with Gasteiger partial charge in [0.05, 0.1) is 11.2 Å². The summed E-state index contributed by atoms with van der Waals surface area (Å²) in [5.41, 5.74) is 0.0768. The summed E-state index contributed by atoms with van der Waals surface area (Å²) >= 11 is 5.79. The van der Waals surface area contributed by atoms with Gasteiger partial charge in [0.1, 0.15) is 24.0 Å². The zero-order valence-electron chi connectivity index (χ0n) is 15.3. The number of aromatic nitrogens is 4. The molecule has 0 aliphatic heterocycles. The summed E-state index contributed by atoms with van der Waals surface area (Å²) in [5.74, 6) is -1.79. The van der Waals surface area contributed by atoms with E-state index in [1.165, 1.54) is 29.3 Å². The number of anilines is 1. The van der Waals surface area contributed by atoms with Crippen molar-refractivity contribution in [3.8, 4) is 5.75 Å². The molecule has 0 aliphatic rings. The average molecular weight is 442 g/mol. The molecule has 1 N–H and O–H groups in total. The number of carbonyl (C=O) groups excluding carboxylic acids is 2. The normalized spacial score (nSPS) is 11.0. The van der Waals surface area contributed by atoms with E-state index in [2.05, 4.69) is 20.1 Å². The fraction of sp³-hybridized carbons (Fsp3) is 0.235. The van der Waals surface area contributed by atoms with Crippen molar-refractivity contribution < 1.29 is 27.8 Å². The maximum Gasteiger partial charge on any atom is 0.387 e. The lowest BCUT2D eigenvalue weighted by atomic mass is 10.3. The van der Waals surface area contributed by atoms with Crippen LogP contribution in [0.3, 0.4) is 0 Å². The summed E-state index contributed by atoms with van der Waals surface area (Å²) in [7, 11) is 1.62. The standard InChI is InChI=1S/C17H14ClF2N5O5/c1-24-15-10(5-22-24)16(28)25(8-21-15)6-14(27)29-7-13(26)23-9-2-3-12(11(18)4-9)30-17(19)20/h2-5,8,17H,6-7H2,1H3,(H,23,26). The van der Waals surface area contributed by atoms with Crippen LogP contribution in [0.15, 0.2) is 35.5 Å². The number of carbonyl (C=O) groups is 2. The molecule has 0 unspecified atom stereocenters. The highest BCUT2D eigenvalue weighted by Gasteiger charge is 2.14. The summed E-state index contributed by atoms with van der Waals surface area (Å²) in [4.78, 5) is 40.2. The Bertz CT molecular complexity index is 1160. The van der Waals surface area contributed by atoms with E-state index in [0.717, 1.165) is 10.6 Å². The quantitative estimate of drug-likeness (QED) is 0.553. The number of hydrogen-bond acceptors (Lipinski definition) is 7. The third-order valence-corrected chi connectivity index (χ3v) is 4.11. The number of fused-ring (bicyclic) bond motifs is 1. The van der Waals surface area contributed by atoms with Gasteiger partial charge < -0.3 is 14.8 Å². The highest BCUT2D eigenvalue weighted by atomic mass is 35.5. The van der Waals surface area contributed by atoms with Gasteiger partial charge in [-0.05, 0) is 18.2 Å². The zero-order chi connectivity index (χ0) is 21.8. The molecule has 2 aromatic heterocycles. The maximum atomic E-state index is 12.3. The van der Waals surface area contributed by atoms with Gasteiger partial charge in [0.15, 0.2) is 12.3 Å². The second kappa shape index (κ2) is 8.86. The third-order valence-electron chi connectivity index (χ3n) is 3.81. The van der Waals surface area contributed by atoms with E-state index < -0.39 is 37.2 Å². The summed E-state index contributed by atoms with van der Waals surface area (Å²) in [5, 5.41) is 6.41. The fourth-order valence-electron chi connectivity index (χ4n) is 2.48. The summed E-state index contributed by atoms with van der Waals surface area (Å²) in [6.07, 6.45) is 2.52. The predicted octanol–water partition coefficient (Wildman–Crippen LogP) is 1.57. The molecule has 0 radical (unpaired) electrons. The van der Waals surface area contributed by atoms with Crippen LogP contribution in [0.4, 0.5) is 14.5 Å². The molecule has 0 saturated carbocycles. The van der Waals surface area contributed by atoms with Gasteiger partial charge in [0.25, 0.3) is 11.5 Å². The molecule has 3 rings (SSSR count). The second-order valence-electron chi connectivity index (χ2n) is 5.92. The molecule has 1 aromatic carbocycles. The van der Waals surface area contributed by atoms with E-state index >= 15 is 0 Å². The number of esters is 1. The third kappa shape index (κ3) is 4.89. The number of benzene rings is 1. The SMILES string of the molecule is Cn1ncc2c(=O)n(CC(=O)OCC(=O)Nc3ccc(OC(F)F)c(Cl)c3)cnc21. The maximum absolute atomic E-state index is 12.3. The molecule has 0 fully saturated rings. The molecular formula is C17H14ClF2N5O5. The molecule has 30 heavy (non-hydrogen) atoms. The van der Waals surface area contributed by atoms with Crippen molar-refractivity contribution in [1.29, 1.82) is 0 Å². The van der Waals surface area contributed by atoms with Crippen molar-refractivity contribution in [3.05, 3.63) is 46.1 Å². The Labute approximate surface area is 172 Å². The molecule has 0 atom stereocenters. The van der Waals surface area contributed by atoms with Gasteiger partial charge in [-0.3, -0.25) is 23.6 Å². The van der Waals surface area contributed by atoms with E-state index in [-0.39, 0.29) is 21.8 Å². The van der Waals surface area contributed by atoms with E-state index in [9.17, 15) is 23.2 Å². The van der Waals surface area contributed by atoms with Crippen LogP contribution >= 0.6 is 11.6 Å². The highest BCUT2D eigenvalue weighted by molar-refractivity contribution is 6.32. The van der Waals surface area contributed by atoms with Crippen LogP contribution in [0, 0.1) is 0 Å². The minimum absolute atomic E-state index is 0.136. The summed E-state index contributed by atoms with van der Waals surface area (Å²) < 4.78 is 35.9. The van der Waals surface area contributed by atoms with Gasteiger partial charge in [-0.15, -0.1) is 0 Å². The van der Waals surface area contributed by atoms with Crippen LogP contribution in [-0.2, 0) is 27.9 Å². The van der Waals surface area contributed by atoms with E-state index in [0.29, 0.717) is 5.65 Å². The Hall–Kier alpha value is -3.54.